The lowest BCUT2D eigenvalue weighted by atomic mass is 9.93. The van der Waals surface area contributed by atoms with E-state index in [9.17, 15) is 18.0 Å². The number of nitrogens with zero attached hydrogens (tertiary/aromatic N) is 2. The van der Waals surface area contributed by atoms with Gasteiger partial charge in [0.1, 0.15) is 4.21 Å². The van der Waals surface area contributed by atoms with Crippen molar-refractivity contribution >= 4 is 33.2 Å². The molecule has 9 heteroatoms. The second-order valence-corrected chi connectivity index (χ2v) is 10.8. The maximum atomic E-state index is 12.3. The lowest BCUT2D eigenvalue weighted by Gasteiger charge is -2.36. The first kappa shape index (κ1) is 20.9. The number of thiophene rings is 1. The van der Waals surface area contributed by atoms with Crippen molar-refractivity contribution in [2.24, 2.45) is 5.41 Å². The summed E-state index contributed by atoms with van der Waals surface area (Å²) in [5.41, 5.74) is -0.408. The Morgan fingerprint density at radius 2 is 1.92 bits per heavy atom. The summed E-state index contributed by atoms with van der Waals surface area (Å²) in [5, 5.41) is 4.57. The summed E-state index contributed by atoms with van der Waals surface area (Å²) in [6.07, 6.45) is 1.35. The van der Waals surface area contributed by atoms with E-state index >= 15 is 0 Å². The number of likely N-dealkylation sites (tertiary alicyclic amines) is 1. The number of sulfonamides is 1. The van der Waals surface area contributed by atoms with Gasteiger partial charge in [0.05, 0.1) is 6.54 Å². The van der Waals surface area contributed by atoms with E-state index in [1.807, 2.05) is 25.7 Å². The summed E-state index contributed by atoms with van der Waals surface area (Å²) in [5.74, 6) is -0.211. The van der Waals surface area contributed by atoms with Gasteiger partial charge in [-0.15, -0.1) is 11.3 Å². The molecule has 0 radical (unpaired) electrons. The summed E-state index contributed by atoms with van der Waals surface area (Å²) in [6, 6.07) is 3.15. The number of hydrogen-bond acceptors (Lipinski definition) is 5. The second kappa shape index (κ2) is 8.06. The van der Waals surface area contributed by atoms with E-state index in [1.165, 1.54) is 13.1 Å². The van der Waals surface area contributed by atoms with Crippen LogP contribution in [0.2, 0.25) is 0 Å². The van der Waals surface area contributed by atoms with Gasteiger partial charge >= 0.3 is 0 Å². The Morgan fingerprint density at radius 1 is 1.31 bits per heavy atom. The summed E-state index contributed by atoms with van der Waals surface area (Å²) >= 11 is 1.13. The topological polar surface area (TPSA) is 86.8 Å². The Hall–Kier alpha value is -1.45. The number of nitrogens with one attached hydrogen (secondary N) is 1. The van der Waals surface area contributed by atoms with Crippen molar-refractivity contribution in [3.63, 3.8) is 0 Å². The van der Waals surface area contributed by atoms with Crippen LogP contribution < -0.4 is 5.32 Å². The maximum Gasteiger partial charge on any atom is 0.252 e. The predicted octanol–water partition coefficient (Wildman–Crippen LogP) is 1.52. The highest BCUT2D eigenvalue weighted by Gasteiger charge is 2.31. The first-order chi connectivity index (χ1) is 12.0. The third-order valence-electron chi connectivity index (χ3n) is 4.31. The van der Waals surface area contributed by atoms with Crippen molar-refractivity contribution in [1.82, 2.24) is 14.5 Å². The quantitative estimate of drug-likeness (QED) is 0.810. The van der Waals surface area contributed by atoms with Crippen molar-refractivity contribution in [3.05, 3.63) is 17.5 Å². The smallest absolute Gasteiger partial charge is 0.252 e. The maximum absolute atomic E-state index is 12.3. The molecule has 0 atom stereocenters. The van der Waals surface area contributed by atoms with Gasteiger partial charge in [-0.1, -0.05) is 26.8 Å². The molecule has 2 amide bonds. The third-order valence-corrected chi connectivity index (χ3v) is 7.49. The Morgan fingerprint density at radius 3 is 2.42 bits per heavy atom. The second-order valence-electron chi connectivity index (χ2n) is 7.58. The molecule has 1 fully saturated rings. The fourth-order valence-corrected chi connectivity index (χ4v) is 5.15. The molecule has 0 bridgehead atoms. The molecule has 1 aromatic heterocycles. The standard InChI is InChI=1S/C17H27N3O4S2/c1-17(2,3)16(22)20-9-7-13(8-10-20)18-14(21)12-19(4)26(23,24)15-6-5-11-25-15/h5-6,11,13H,7-10,12H2,1-4H3,(H,18,21). The lowest BCUT2D eigenvalue weighted by Crippen LogP contribution is -2.50. The zero-order chi connectivity index (χ0) is 19.5. The molecule has 0 spiro atoms. The Kier molecular flexibility index (Phi) is 6.46. The van der Waals surface area contributed by atoms with Crippen LogP contribution in [0.4, 0.5) is 0 Å². The van der Waals surface area contributed by atoms with Crippen LogP contribution in [0.5, 0.6) is 0 Å². The van der Waals surface area contributed by atoms with Crippen molar-refractivity contribution in [2.45, 2.75) is 43.9 Å². The van der Waals surface area contributed by atoms with Crippen LogP contribution in [0, 0.1) is 5.41 Å². The van der Waals surface area contributed by atoms with Crippen molar-refractivity contribution < 1.29 is 18.0 Å². The van der Waals surface area contributed by atoms with Gasteiger partial charge in [0, 0.05) is 31.6 Å². The molecule has 1 aliphatic heterocycles. The summed E-state index contributed by atoms with van der Waals surface area (Å²) < 4.78 is 26.0. The van der Waals surface area contributed by atoms with Gasteiger partial charge in [0.25, 0.3) is 10.0 Å². The monoisotopic (exact) mass is 401 g/mol. The molecule has 0 unspecified atom stereocenters. The first-order valence-electron chi connectivity index (χ1n) is 8.60. The first-order valence-corrected chi connectivity index (χ1v) is 10.9. The molecule has 2 heterocycles. The molecule has 26 heavy (non-hydrogen) atoms. The summed E-state index contributed by atoms with van der Waals surface area (Å²) in [7, 11) is -2.23. The van der Waals surface area contributed by atoms with Crippen LogP contribution in [0.25, 0.3) is 0 Å². The van der Waals surface area contributed by atoms with Crippen LogP contribution in [0.15, 0.2) is 21.7 Å². The minimum absolute atomic E-state index is 0.0376. The Balaban J connectivity index is 1.83. The number of piperidine rings is 1. The van der Waals surface area contributed by atoms with E-state index < -0.39 is 15.4 Å². The number of hydrogen-bond donors (Lipinski definition) is 1. The van der Waals surface area contributed by atoms with Gasteiger partial charge in [-0.3, -0.25) is 9.59 Å². The zero-order valence-electron chi connectivity index (χ0n) is 15.7. The van der Waals surface area contributed by atoms with E-state index in [0.29, 0.717) is 25.9 Å². The minimum atomic E-state index is -3.63. The van der Waals surface area contributed by atoms with E-state index in [0.717, 1.165) is 15.6 Å². The average molecular weight is 402 g/mol. The van der Waals surface area contributed by atoms with E-state index in [-0.39, 0.29) is 28.6 Å². The highest BCUT2D eigenvalue weighted by atomic mass is 32.2. The Bertz CT molecular complexity index is 731. The molecule has 1 aliphatic rings. The molecule has 1 aromatic rings. The Labute approximate surface area is 159 Å². The molecule has 7 nitrogen and oxygen atoms in total. The highest BCUT2D eigenvalue weighted by molar-refractivity contribution is 7.91. The van der Waals surface area contributed by atoms with Gasteiger partial charge in [-0.25, -0.2) is 8.42 Å². The summed E-state index contributed by atoms with van der Waals surface area (Å²) in [6.45, 7) is 6.67. The van der Waals surface area contributed by atoms with Crippen LogP contribution in [0.3, 0.4) is 0 Å². The summed E-state index contributed by atoms with van der Waals surface area (Å²) in [4.78, 5) is 26.3. The fourth-order valence-electron chi connectivity index (χ4n) is 2.83. The van der Waals surface area contributed by atoms with Gasteiger partial charge < -0.3 is 10.2 Å². The molecule has 2 rings (SSSR count). The zero-order valence-corrected chi connectivity index (χ0v) is 17.3. The van der Waals surface area contributed by atoms with Crippen molar-refractivity contribution in [3.8, 4) is 0 Å². The van der Waals surface area contributed by atoms with Crippen molar-refractivity contribution in [2.75, 3.05) is 26.7 Å². The molecule has 1 N–H and O–H groups in total. The van der Waals surface area contributed by atoms with Crippen LogP contribution in [-0.2, 0) is 19.6 Å². The van der Waals surface area contributed by atoms with E-state index in [1.54, 1.807) is 11.4 Å². The van der Waals surface area contributed by atoms with Gasteiger partial charge in [-0.2, -0.15) is 4.31 Å². The van der Waals surface area contributed by atoms with Crippen LogP contribution >= 0.6 is 11.3 Å². The number of likely N-dealkylation sites (N-methyl/N-ethyl adjacent to an activating group) is 1. The fraction of sp³-hybridized carbons (Fsp3) is 0.647. The molecule has 1 saturated heterocycles. The largest absolute Gasteiger partial charge is 0.352 e. The average Bonchev–Trinajstić information content (AvgIpc) is 3.09. The number of amides is 2. The van der Waals surface area contributed by atoms with E-state index in [2.05, 4.69) is 5.32 Å². The lowest BCUT2D eigenvalue weighted by molar-refractivity contribution is -0.140. The van der Waals surface area contributed by atoms with Crippen LogP contribution in [-0.4, -0.2) is 62.2 Å². The molecule has 0 saturated carbocycles. The van der Waals surface area contributed by atoms with Gasteiger partial charge in [-0.05, 0) is 24.3 Å². The molecule has 0 aliphatic carbocycles. The minimum Gasteiger partial charge on any atom is -0.352 e. The number of carbonyl (C=O) groups is 2. The molecular formula is C17H27N3O4S2. The van der Waals surface area contributed by atoms with Gasteiger partial charge in [0.2, 0.25) is 11.8 Å². The molecule has 0 aromatic carbocycles. The number of rotatable bonds is 5. The predicted molar refractivity (Wildman–Crippen MR) is 101 cm³/mol. The van der Waals surface area contributed by atoms with Gasteiger partial charge in [0.15, 0.2) is 0 Å². The van der Waals surface area contributed by atoms with Crippen LogP contribution in [0.1, 0.15) is 33.6 Å². The third kappa shape index (κ3) is 5.05. The molecule has 146 valence electrons. The highest BCUT2D eigenvalue weighted by Crippen LogP contribution is 2.21. The van der Waals surface area contributed by atoms with Crippen molar-refractivity contribution in [1.29, 1.82) is 0 Å². The molecular weight excluding hydrogens is 374 g/mol. The number of carbonyl (C=O) groups excluding carboxylic acids is 2. The SMILES string of the molecule is CN(CC(=O)NC1CCN(C(=O)C(C)(C)C)CC1)S(=O)(=O)c1cccs1. The normalized spacial score (nSPS) is 16.7. The van der Waals surface area contributed by atoms with E-state index in [4.69, 9.17) is 0 Å².